The van der Waals surface area contributed by atoms with Gasteiger partial charge in [0.15, 0.2) is 0 Å². The lowest BCUT2D eigenvalue weighted by Crippen LogP contribution is -2.15. The Bertz CT molecular complexity index is 355. The molecular formula is C9H11BrN2O2. The Kier molecular flexibility index (Phi) is 3.46. The standard InChI is InChI=1S/C9H11BrN2O2/c1-3-11(2)7-4-5-9(12(13)14)8(10)6-7/h4-6H,3H2,1-2H3. The molecule has 0 aliphatic rings. The molecule has 0 atom stereocenters. The summed E-state index contributed by atoms with van der Waals surface area (Å²) in [6.07, 6.45) is 0. The van der Waals surface area contributed by atoms with Crippen molar-refractivity contribution in [1.29, 1.82) is 0 Å². The lowest BCUT2D eigenvalue weighted by molar-refractivity contribution is -0.385. The van der Waals surface area contributed by atoms with Crippen molar-refractivity contribution in [3.05, 3.63) is 32.8 Å². The van der Waals surface area contributed by atoms with Crippen LogP contribution in [0.25, 0.3) is 0 Å². The Morgan fingerprint density at radius 3 is 2.64 bits per heavy atom. The Hall–Kier alpha value is -1.10. The molecule has 0 amide bonds. The topological polar surface area (TPSA) is 46.4 Å². The van der Waals surface area contributed by atoms with Crippen LogP contribution in [-0.2, 0) is 0 Å². The minimum atomic E-state index is -0.403. The molecule has 1 aromatic carbocycles. The number of rotatable bonds is 3. The van der Waals surface area contributed by atoms with Gasteiger partial charge >= 0.3 is 0 Å². The molecule has 14 heavy (non-hydrogen) atoms. The van der Waals surface area contributed by atoms with E-state index in [1.807, 2.05) is 18.9 Å². The number of nitro benzene ring substituents is 1. The summed E-state index contributed by atoms with van der Waals surface area (Å²) >= 11 is 3.18. The summed E-state index contributed by atoms with van der Waals surface area (Å²) in [5, 5.41) is 10.5. The van der Waals surface area contributed by atoms with Crippen LogP contribution < -0.4 is 4.90 Å². The van der Waals surface area contributed by atoms with Gasteiger partial charge in [-0.05, 0) is 35.0 Å². The fraction of sp³-hybridized carbons (Fsp3) is 0.333. The van der Waals surface area contributed by atoms with Crippen LogP contribution in [0.3, 0.4) is 0 Å². The largest absolute Gasteiger partial charge is 0.375 e. The zero-order chi connectivity index (χ0) is 10.7. The third kappa shape index (κ3) is 2.23. The Morgan fingerprint density at radius 1 is 1.57 bits per heavy atom. The van der Waals surface area contributed by atoms with Gasteiger partial charge in [0, 0.05) is 25.3 Å². The van der Waals surface area contributed by atoms with Crippen LogP contribution in [0.5, 0.6) is 0 Å². The highest BCUT2D eigenvalue weighted by molar-refractivity contribution is 9.10. The monoisotopic (exact) mass is 258 g/mol. The van der Waals surface area contributed by atoms with E-state index in [4.69, 9.17) is 0 Å². The van der Waals surface area contributed by atoms with Gasteiger partial charge < -0.3 is 4.90 Å². The molecule has 0 heterocycles. The Balaban J connectivity index is 3.06. The first-order valence-electron chi connectivity index (χ1n) is 4.21. The molecule has 0 spiro atoms. The van der Waals surface area contributed by atoms with E-state index in [1.165, 1.54) is 6.07 Å². The molecule has 0 bridgehead atoms. The number of nitrogens with zero attached hydrogens (tertiary/aromatic N) is 2. The molecule has 76 valence electrons. The smallest absolute Gasteiger partial charge is 0.283 e. The second-order valence-electron chi connectivity index (χ2n) is 2.91. The lowest BCUT2D eigenvalue weighted by atomic mass is 10.2. The van der Waals surface area contributed by atoms with Crippen molar-refractivity contribution in [2.24, 2.45) is 0 Å². The van der Waals surface area contributed by atoms with Gasteiger partial charge in [-0.2, -0.15) is 0 Å². The van der Waals surface area contributed by atoms with Crippen molar-refractivity contribution in [2.45, 2.75) is 6.92 Å². The number of nitro groups is 1. The van der Waals surface area contributed by atoms with E-state index < -0.39 is 4.92 Å². The molecule has 1 aromatic rings. The SMILES string of the molecule is CCN(C)c1ccc([N+](=O)[O-])c(Br)c1. The predicted molar refractivity (Wildman–Crippen MR) is 59.7 cm³/mol. The van der Waals surface area contributed by atoms with Gasteiger partial charge in [-0.3, -0.25) is 10.1 Å². The maximum atomic E-state index is 10.5. The van der Waals surface area contributed by atoms with Gasteiger partial charge in [-0.1, -0.05) is 0 Å². The van der Waals surface area contributed by atoms with Gasteiger partial charge in [0.2, 0.25) is 0 Å². The molecule has 0 unspecified atom stereocenters. The van der Waals surface area contributed by atoms with Crippen LogP contribution in [0.15, 0.2) is 22.7 Å². The average Bonchev–Trinajstić information content (AvgIpc) is 2.15. The fourth-order valence-electron chi connectivity index (χ4n) is 1.06. The summed E-state index contributed by atoms with van der Waals surface area (Å²) in [4.78, 5) is 12.1. The fourth-order valence-corrected chi connectivity index (χ4v) is 1.58. The third-order valence-corrected chi connectivity index (χ3v) is 2.68. The highest BCUT2D eigenvalue weighted by Crippen LogP contribution is 2.28. The molecule has 0 radical (unpaired) electrons. The van der Waals surface area contributed by atoms with E-state index in [1.54, 1.807) is 12.1 Å². The van der Waals surface area contributed by atoms with Crippen LogP contribution in [0, 0.1) is 10.1 Å². The predicted octanol–water partition coefficient (Wildman–Crippen LogP) is 2.81. The second-order valence-corrected chi connectivity index (χ2v) is 3.76. The highest BCUT2D eigenvalue weighted by atomic mass is 79.9. The van der Waals surface area contributed by atoms with Crippen LogP contribution >= 0.6 is 15.9 Å². The highest BCUT2D eigenvalue weighted by Gasteiger charge is 2.12. The van der Waals surface area contributed by atoms with Crippen molar-refractivity contribution < 1.29 is 4.92 Å². The zero-order valence-electron chi connectivity index (χ0n) is 8.03. The van der Waals surface area contributed by atoms with Gasteiger partial charge in [-0.15, -0.1) is 0 Å². The van der Waals surface area contributed by atoms with Gasteiger partial charge in [0.25, 0.3) is 5.69 Å². The molecule has 0 aromatic heterocycles. The van der Waals surface area contributed by atoms with E-state index in [9.17, 15) is 10.1 Å². The summed E-state index contributed by atoms with van der Waals surface area (Å²) in [6.45, 7) is 2.89. The molecule has 0 fully saturated rings. The number of hydrogen-bond acceptors (Lipinski definition) is 3. The van der Waals surface area contributed by atoms with E-state index in [0.717, 1.165) is 12.2 Å². The summed E-state index contributed by atoms with van der Waals surface area (Å²) < 4.78 is 0.514. The van der Waals surface area contributed by atoms with Crippen LogP contribution in [0.2, 0.25) is 0 Å². The van der Waals surface area contributed by atoms with Crippen molar-refractivity contribution in [1.82, 2.24) is 0 Å². The molecule has 0 aliphatic carbocycles. The Morgan fingerprint density at radius 2 is 2.21 bits per heavy atom. The number of benzene rings is 1. The molecule has 0 saturated heterocycles. The molecule has 0 N–H and O–H groups in total. The Labute approximate surface area is 90.8 Å². The van der Waals surface area contributed by atoms with Crippen molar-refractivity contribution >= 4 is 27.3 Å². The summed E-state index contributed by atoms with van der Waals surface area (Å²) in [5.41, 5.74) is 1.06. The van der Waals surface area contributed by atoms with Crippen LogP contribution in [0.4, 0.5) is 11.4 Å². The zero-order valence-corrected chi connectivity index (χ0v) is 9.61. The van der Waals surface area contributed by atoms with Crippen LogP contribution in [0.1, 0.15) is 6.92 Å². The summed E-state index contributed by atoms with van der Waals surface area (Å²) in [7, 11) is 1.94. The minimum absolute atomic E-state index is 0.0956. The maximum absolute atomic E-state index is 10.5. The van der Waals surface area contributed by atoms with E-state index in [0.29, 0.717) is 4.47 Å². The average molecular weight is 259 g/mol. The molecule has 1 rings (SSSR count). The van der Waals surface area contributed by atoms with Crippen molar-refractivity contribution in [3.8, 4) is 0 Å². The first kappa shape index (κ1) is 11.0. The van der Waals surface area contributed by atoms with Crippen LogP contribution in [-0.4, -0.2) is 18.5 Å². The van der Waals surface area contributed by atoms with Gasteiger partial charge in [-0.25, -0.2) is 0 Å². The molecule has 0 aliphatic heterocycles. The van der Waals surface area contributed by atoms with E-state index in [2.05, 4.69) is 15.9 Å². The quantitative estimate of drug-likeness (QED) is 0.619. The number of anilines is 1. The lowest BCUT2D eigenvalue weighted by Gasteiger charge is -2.16. The maximum Gasteiger partial charge on any atom is 0.283 e. The molecule has 5 heteroatoms. The van der Waals surface area contributed by atoms with Gasteiger partial charge in [0.1, 0.15) is 0 Å². The minimum Gasteiger partial charge on any atom is -0.375 e. The summed E-state index contributed by atoms with van der Waals surface area (Å²) in [5.74, 6) is 0. The van der Waals surface area contributed by atoms with Gasteiger partial charge in [0.05, 0.1) is 9.40 Å². The first-order chi connectivity index (χ1) is 6.56. The van der Waals surface area contributed by atoms with E-state index in [-0.39, 0.29) is 5.69 Å². The van der Waals surface area contributed by atoms with Crippen molar-refractivity contribution in [2.75, 3.05) is 18.5 Å². The van der Waals surface area contributed by atoms with E-state index >= 15 is 0 Å². The number of halogens is 1. The first-order valence-corrected chi connectivity index (χ1v) is 5.00. The second kappa shape index (κ2) is 4.41. The number of hydrogen-bond donors (Lipinski definition) is 0. The van der Waals surface area contributed by atoms with Crippen molar-refractivity contribution in [3.63, 3.8) is 0 Å². The molecule has 0 saturated carbocycles. The normalized spacial score (nSPS) is 9.93. The summed E-state index contributed by atoms with van der Waals surface area (Å²) in [6, 6.07) is 5.00. The third-order valence-electron chi connectivity index (χ3n) is 2.04. The molecule has 4 nitrogen and oxygen atoms in total. The molecular weight excluding hydrogens is 248 g/mol.